The maximum absolute atomic E-state index is 12.8. The number of hydrogen-bond acceptors (Lipinski definition) is 6. The number of sulfonamides is 1. The van der Waals surface area contributed by atoms with E-state index in [1.165, 1.54) is 18.2 Å². The lowest BCUT2D eigenvalue weighted by molar-refractivity contribution is -0.120. The number of carbonyl (C=O) groups excluding carboxylic acids is 3. The van der Waals surface area contributed by atoms with Crippen molar-refractivity contribution in [3.8, 4) is 0 Å². The number of imide groups is 1. The van der Waals surface area contributed by atoms with Crippen molar-refractivity contribution in [2.75, 3.05) is 25.0 Å². The van der Waals surface area contributed by atoms with E-state index in [1.54, 1.807) is 13.8 Å². The number of rotatable bonds is 6. The molecule has 0 saturated carbocycles. The van der Waals surface area contributed by atoms with Gasteiger partial charge in [-0.3, -0.25) is 14.9 Å². The van der Waals surface area contributed by atoms with Gasteiger partial charge in [0.2, 0.25) is 21.8 Å². The lowest BCUT2D eigenvalue weighted by atomic mass is 10.0. The number of aryl methyl sites for hydroxylation is 1. The SMILES string of the molecule is CCOC(=O)NC(=O)CN(CC)S(=O)(=O)c1ccc2c(c1)CCC(=O)N2. The van der Waals surface area contributed by atoms with Crippen LogP contribution in [0.4, 0.5) is 10.5 Å². The molecule has 1 aromatic carbocycles. The Bertz CT molecular complexity index is 821. The Morgan fingerprint density at radius 2 is 2.00 bits per heavy atom. The van der Waals surface area contributed by atoms with Crippen molar-refractivity contribution >= 4 is 33.6 Å². The lowest BCUT2D eigenvalue weighted by Gasteiger charge is -2.22. The van der Waals surface area contributed by atoms with Crippen molar-refractivity contribution in [2.24, 2.45) is 0 Å². The van der Waals surface area contributed by atoms with Crippen LogP contribution in [0.25, 0.3) is 0 Å². The minimum atomic E-state index is -3.93. The molecule has 0 atom stereocenters. The van der Waals surface area contributed by atoms with Gasteiger partial charge in [-0.25, -0.2) is 13.2 Å². The van der Waals surface area contributed by atoms with Gasteiger partial charge in [0.1, 0.15) is 0 Å². The molecule has 0 saturated heterocycles. The molecule has 0 spiro atoms. The normalized spacial score (nSPS) is 13.7. The number of anilines is 1. The van der Waals surface area contributed by atoms with Crippen LogP contribution in [0.1, 0.15) is 25.8 Å². The van der Waals surface area contributed by atoms with Crippen LogP contribution in [0, 0.1) is 0 Å². The van der Waals surface area contributed by atoms with Crippen molar-refractivity contribution in [1.29, 1.82) is 0 Å². The highest BCUT2D eigenvalue weighted by Gasteiger charge is 2.27. The quantitative estimate of drug-likeness (QED) is 0.751. The Kier molecular flexibility index (Phi) is 6.32. The van der Waals surface area contributed by atoms with Crippen molar-refractivity contribution in [3.63, 3.8) is 0 Å². The third-order valence-corrected chi connectivity index (χ3v) is 5.72. The van der Waals surface area contributed by atoms with Crippen LogP contribution in [-0.2, 0) is 30.8 Å². The molecule has 0 radical (unpaired) electrons. The third-order valence-electron chi connectivity index (χ3n) is 3.80. The fraction of sp³-hybridized carbons (Fsp3) is 0.438. The fourth-order valence-electron chi connectivity index (χ4n) is 2.52. The summed E-state index contributed by atoms with van der Waals surface area (Å²) in [4.78, 5) is 34.6. The fourth-order valence-corrected chi connectivity index (χ4v) is 3.97. The zero-order chi connectivity index (χ0) is 19.3. The van der Waals surface area contributed by atoms with Crippen molar-refractivity contribution in [3.05, 3.63) is 23.8 Å². The van der Waals surface area contributed by atoms with Gasteiger partial charge < -0.3 is 10.1 Å². The van der Waals surface area contributed by atoms with Gasteiger partial charge in [0.25, 0.3) is 0 Å². The van der Waals surface area contributed by atoms with Gasteiger partial charge in [-0.2, -0.15) is 4.31 Å². The minimum absolute atomic E-state index is 0.0261. The summed E-state index contributed by atoms with van der Waals surface area (Å²) in [5, 5.41) is 4.65. The molecule has 26 heavy (non-hydrogen) atoms. The largest absolute Gasteiger partial charge is 0.450 e. The molecule has 0 aromatic heterocycles. The summed E-state index contributed by atoms with van der Waals surface area (Å²) in [6.45, 7) is 2.82. The summed E-state index contributed by atoms with van der Waals surface area (Å²) < 4.78 is 31.2. The molecule has 1 aliphatic heterocycles. The van der Waals surface area contributed by atoms with Crippen LogP contribution in [0.5, 0.6) is 0 Å². The second kappa shape index (κ2) is 8.28. The predicted octanol–water partition coefficient (Wildman–Crippen LogP) is 0.855. The molecule has 1 aliphatic rings. The summed E-state index contributed by atoms with van der Waals surface area (Å²) in [7, 11) is -3.93. The topological polar surface area (TPSA) is 122 Å². The number of nitrogens with zero attached hydrogens (tertiary/aromatic N) is 1. The molecule has 142 valence electrons. The maximum atomic E-state index is 12.8. The Labute approximate surface area is 151 Å². The van der Waals surface area contributed by atoms with Gasteiger partial charge in [-0.1, -0.05) is 6.92 Å². The van der Waals surface area contributed by atoms with Gasteiger partial charge in [-0.05, 0) is 37.1 Å². The summed E-state index contributed by atoms with van der Waals surface area (Å²) >= 11 is 0. The Hall–Kier alpha value is -2.46. The first-order valence-electron chi connectivity index (χ1n) is 8.17. The number of ether oxygens (including phenoxy) is 1. The van der Waals surface area contributed by atoms with E-state index in [1.807, 2.05) is 5.32 Å². The molecule has 9 nitrogen and oxygen atoms in total. The summed E-state index contributed by atoms with van der Waals surface area (Å²) in [5.74, 6) is -0.891. The average molecular weight is 383 g/mol. The molecule has 2 N–H and O–H groups in total. The molecule has 0 bridgehead atoms. The van der Waals surface area contributed by atoms with E-state index in [0.717, 1.165) is 9.87 Å². The highest BCUT2D eigenvalue weighted by atomic mass is 32.2. The number of alkyl carbamates (subject to hydrolysis) is 1. The molecular weight excluding hydrogens is 362 g/mol. The Morgan fingerprint density at radius 1 is 1.27 bits per heavy atom. The first kappa shape index (κ1) is 19.9. The zero-order valence-electron chi connectivity index (χ0n) is 14.6. The number of amides is 3. The monoisotopic (exact) mass is 383 g/mol. The number of carbonyl (C=O) groups is 3. The molecule has 3 amide bonds. The Balaban J connectivity index is 2.17. The van der Waals surface area contributed by atoms with Crippen LogP contribution in [-0.4, -0.2) is 50.3 Å². The summed E-state index contributed by atoms with van der Waals surface area (Å²) in [6, 6.07) is 4.41. The van der Waals surface area contributed by atoms with Crippen LogP contribution in [0.15, 0.2) is 23.1 Å². The van der Waals surface area contributed by atoms with Crippen molar-refractivity contribution in [2.45, 2.75) is 31.6 Å². The second-order valence-electron chi connectivity index (χ2n) is 5.57. The molecule has 0 unspecified atom stereocenters. The summed E-state index contributed by atoms with van der Waals surface area (Å²) in [6.07, 6.45) is -0.189. The van der Waals surface area contributed by atoms with E-state index in [4.69, 9.17) is 0 Å². The highest BCUT2D eigenvalue weighted by Crippen LogP contribution is 2.26. The summed E-state index contributed by atoms with van der Waals surface area (Å²) in [5.41, 5.74) is 1.31. The van der Waals surface area contributed by atoms with Crippen LogP contribution in [0.3, 0.4) is 0 Å². The van der Waals surface area contributed by atoms with E-state index in [9.17, 15) is 22.8 Å². The van der Waals surface area contributed by atoms with E-state index in [-0.39, 0.29) is 30.4 Å². The zero-order valence-corrected chi connectivity index (χ0v) is 15.4. The van der Waals surface area contributed by atoms with E-state index >= 15 is 0 Å². The first-order valence-corrected chi connectivity index (χ1v) is 9.61. The van der Waals surface area contributed by atoms with Crippen molar-refractivity contribution < 1.29 is 27.5 Å². The van der Waals surface area contributed by atoms with E-state index in [2.05, 4.69) is 10.1 Å². The number of likely N-dealkylation sites (N-methyl/N-ethyl adjacent to an activating group) is 1. The number of fused-ring (bicyclic) bond motifs is 1. The minimum Gasteiger partial charge on any atom is -0.450 e. The number of benzene rings is 1. The molecule has 2 rings (SSSR count). The van der Waals surface area contributed by atoms with E-state index in [0.29, 0.717) is 12.1 Å². The predicted molar refractivity (Wildman–Crippen MR) is 93.0 cm³/mol. The van der Waals surface area contributed by atoms with Gasteiger partial charge in [0.05, 0.1) is 18.0 Å². The number of nitrogens with one attached hydrogen (secondary N) is 2. The lowest BCUT2D eigenvalue weighted by Crippen LogP contribution is -2.42. The van der Waals surface area contributed by atoms with Crippen LogP contribution < -0.4 is 10.6 Å². The van der Waals surface area contributed by atoms with Gasteiger partial charge in [0.15, 0.2) is 0 Å². The van der Waals surface area contributed by atoms with E-state index < -0.39 is 28.6 Å². The second-order valence-corrected chi connectivity index (χ2v) is 7.50. The molecule has 0 aliphatic carbocycles. The standard InChI is InChI=1S/C16H21N3O6S/c1-3-19(10-15(21)18-16(22)25-4-2)26(23,24)12-6-7-13-11(9-12)5-8-14(20)17-13/h6-7,9H,3-5,8,10H2,1-2H3,(H,17,20)(H,18,21,22). The van der Waals surface area contributed by atoms with Gasteiger partial charge >= 0.3 is 6.09 Å². The molecule has 1 aromatic rings. The number of hydrogen-bond donors (Lipinski definition) is 2. The first-order chi connectivity index (χ1) is 12.3. The van der Waals surface area contributed by atoms with Crippen LogP contribution in [0.2, 0.25) is 0 Å². The van der Waals surface area contributed by atoms with Crippen molar-refractivity contribution in [1.82, 2.24) is 9.62 Å². The smallest absolute Gasteiger partial charge is 0.413 e. The highest BCUT2D eigenvalue weighted by molar-refractivity contribution is 7.89. The molecule has 0 fully saturated rings. The van der Waals surface area contributed by atoms with Gasteiger partial charge in [-0.15, -0.1) is 0 Å². The van der Waals surface area contributed by atoms with Crippen LogP contribution >= 0.6 is 0 Å². The Morgan fingerprint density at radius 3 is 2.65 bits per heavy atom. The molecule has 10 heteroatoms. The molecule has 1 heterocycles. The molecular formula is C16H21N3O6S. The third kappa shape index (κ3) is 4.58. The van der Waals surface area contributed by atoms with Gasteiger partial charge in [0, 0.05) is 18.7 Å². The maximum Gasteiger partial charge on any atom is 0.413 e. The average Bonchev–Trinajstić information content (AvgIpc) is 2.59.